The Labute approximate surface area is 167 Å². The molecule has 154 valence electrons. The number of ether oxygens (including phenoxy) is 1. The number of methoxy groups -OCH3 is 1. The topological polar surface area (TPSA) is 43.2 Å². The number of aromatic nitrogens is 3. The number of likely N-dealkylation sites (tertiary alicyclic amines) is 1. The second-order valence-corrected chi connectivity index (χ2v) is 7.38. The zero-order valence-corrected chi connectivity index (χ0v) is 16.2. The smallest absolute Gasteiger partial charge is 0.383 e. The van der Waals surface area contributed by atoms with Gasteiger partial charge in [0.2, 0.25) is 0 Å². The molecule has 0 amide bonds. The molecule has 2 aromatic heterocycles. The van der Waals surface area contributed by atoms with E-state index < -0.39 is 11.7 Å². The molecule has 0 saturated carbocycles. The van der Waals surface area contributed by atoms with Crippen molar-refractivity contribution < 1.29 is 17.9 Å². The Morgan fingerprint density at radius 2 is 2.07 bits per heavy atom. The molecule has 4 rings (SSSR count). The Kier molecular flexibility index (Phi) is 5.56. The fraction of sp³-hybridized carbons (Fsp3) is 0.429. The van der Waals surface area contributed by atoms with Gasteiger partial charge in [-0.3, -0.25) is 4.90 Å². The van der Waals surface area contributed by atoms with Crippen LogP contribution in [0.3, 0.4) is 0 Å². The van der Waals surface area contributed by atoms with E-state index in [1.165, 1.54) is 12.1 Å². The van der Waals surface area contributed by atoms with Gasteiger partial charge in [-0.1, -0.05) is 18.2 Å². The van der Waals surface area contributed by atoms with Crippen LogP contribution in [-0.4, -0.2) is 46.2 Å². The van der Waals surface area contributed by atoms with E-state index in [1.54, 1.807) is 19.4 Å². The van der Waals surface area contributed by atoms with Crippen LogP contribution in [0.25, 0.3) is 11.2 Å². The molecule has 8 heteroatoms. The van der Waals surface area contributed by atoms with E-state index in [-0.39, 0.29) is 5.92 Å². The van der Waals surface area contributed by atoms with Gasteiger partial charge in [-0.15, -0.1) is 0 Å². The minimum absolute atomic E-state index is 0.215. The molecule has 0 unspecified atom stereocenters. The number of nitrogens with zero attached hydrogens (tertiary/aromatic N) is 4. The largest absolute Gasteiger partial charge is 0.416 e. The summed E-state index contributed by atoms with van der Waals surface area (Å²) in [6.07, 6.45) is -1.65. The lowest BCUT2D eigenvalue weighted by molar-refractivity contribution is -0.137. The maximum absolute atomic E-state index is 13.0. The monoisotopic (exact) mass is 404 g/mol. The van der Waals surface area contributed by atoms with Crippen LogP contribution < -0.4 is 0 Å². The van der Waals surface area contributed by atoms with Crippen molar-refractivity contribution in [3.8, 4) is 0 Å². The molecule has 0 N–H and O–H groups in total. The summed E-state index contributed by atoms with van der Waals surface area (Å²) in [4.78, 5) is 11.5. The molecule has 0 radical (unpaired) electrons. The van der Waals surface area contributed by atoms with E-state index in [1.807, 2.05) is 12.1 Å². The van der Waals surface area contributed by atoms with E-state index in [9.17, 15) is 13.2 Å². The molecule has 3 aromatic rings. The highest BCUT2D eigenvalue weighted by Crippen LogP contribution is 2.32. The SMILES string of the molecule is COCCn1c([C@H]2CCN(Cc3cccc(C(F)(F)F)c3)C2)nc2cccnc21. The molecule has 1 saturated heterocycles. The lowest BCUT2D eigenvalue weighted by Gasteiger charge is -2.17. The summed E-state index contributed by atoms with van der Waals surface area (Å²) >= 11 is 0. The van der Waals surface area contributed by atoms with Gasteiger partial charge in [-0.25, -0.2) is 9.97 Å². The highest BCUT2D eigenvalue weighted by atomic mass is 19.4. The highest BCUT2D eigenvalue weighted by molar-refractivity contribution is 5.71. The Balaban J connectivity index is 1.52. The van der Waals surface area contributed by atoms with Crippen LogP contribution in [0.15, 0.2) is 42.6 Å². The summed E-state index contributed by atoms with van der Waals surface area (Å²) in [6, 6.07) is 9.40. The van der Waals surface area contributed by atoms with Crippen LogP contribution in [0.5, 0.6) is 0 Å². The van der Waals surface area contributed by atoms with Crippen LogP contribution in [0.1, 0.15) is 29.3 Å². The molecule has 5 nitrogen and oxygen atoms in total. The zero-order chi connectivity index (χ0) is 20.4. The predicted molar refractivity (Wildman–Crippen MR) is 103 cm³/mol. The Hall–Kier alpha value is -2.45. The molecule has 0 aliphatic carbocycles. The molecule has 1 atom stereocenters. The van der Waals surface area contributed by atoms with Gasteiger partial charge in [0.1, 0.15) is 11.3 Å². The molecule has 1 aliphatic rings. The molecule has 0 bridgehead atoms. The third-order valence-electron chi connectivity index (χ3n) is 5.35. The lowest BCUT2D eigenvalue weighted by atomic mass is 10.1. The normalized spacial score (nSPS) is 18.0. The van der Waals surface area contributed by atoms with Crippen LogP contribution >= 0.6 is 0 Å². The van der Waals surface area contributed by atoms with Crippen molar-refractivity contribution in [2.45, 2.75) is 31.6 Å². The number of alkyl halides is 3. The maximum atomic E-state index is 13.0. The van der Waals surface area contributed by atoms with Crippen LogP contribution in [0, 0.1) is 0 Å². The molecule has 29 heavy (non-hydrogen) atoms. The van der Waals surface area contributed by atoms with Crippen LogP contribution in [0.2, 0.25) is 0 Å². The molecular weight excluding hydrogens is 381 g/mol. The lowest BCUT2D eigenvalue weighted by Crippen LogP contribution is -2.21. The number of pyridine rings is 1. The molecule has 0 spiro atoms. The van der Waals surface area contributed by atoms with Crippen molar-refractivity contribution in [2.75, 3.05) is 26.8 Å². The predicted octanol–water partition coefficient (Wildman–Crippen LogP) is 4.09. The summed E-state index contributed by atoms with van der Waals surface area (Å²) in [5.74, 6) is 1.19. The van der Waals surface area contributed by atoms with Gasteiger partial charge < -0.3 is 9.30 Å². The van der Waals surface area contributed by atoms with Gasteiger partial charge in [0.05, 0.1) is 12.2 Å². The Bertz CT molecular complexity index is 985. The molecule has 1 fully saturated rings. The summed E-state index contributed by atoms with van der Waals surface area (Å²) in [6.45, 7) is 3.31. The highest BCUT2D eigenvalue weighted by Gasteiger charge is 2.31. The van der Waals surface area contributed by atoms with Gasteiger partial charge in [0.15, 0.2) is 5.65 Å². The second kappa shape index (κ2) is 8.12. The number of halogens is 3. The standard InChI is InChI=1S/C21H23F3N4O/c1-29-11-10-28-19(26-18-6-3-8-25-20(18)28)16-7-9-27(14-16)13-15-4-2-5-17(12-15)21(22,23)24/h2-6,8,12,16H,7,9-11,13-14H2,1H3/t16-/m0/s1. The van der Waals surface area contributed by atoms with Gasteiger partial charge in [0.25, 0.3) is 0 Å². The first-order chi connectivity index (χ1) is 14.0. The number of imidazole rings is 1. The molecule has 1 aliphatic heterocycles. The van der Waals surface area contributed by atoms with E-state index in [0.29, 0.717) is 25.3 Å². The fourth-order valence-electron chi connectivity index (χ4n) is 3.98. The third-order valence-corrected chi connectivity index (χ3v) is 5.35. The van der Waals surface area contributed by atoms with Gasteiger partial charge in [0, 0.05) is 38.9 Å². The number of benzene rings is 1. The maximum Gasteiger partial charge on any atom is 0.416 e. The second-order valence-electron chi connectivity index (χ2n) is 7.38. The number of rotatable bonds is 6. The molecule has 3 heterocycles. The van der Waals surface area contributed by atoms with Crippen molar-refractivity contribution >= 4 is 11.2 Å². The van der Waals surface area contributed by atoms with E-state index >= 15 is 0 Å². The Morgan fingerprint density at radius 3 is 2.86 bits per heavy atom. The van der Waals surface area contributed by atoms with Crippen molar-refractivity contribution in [3.05, 3.63) is 59.5 Å². The fourth-order valence-corrected chi connectivity index (χ4v) is 3.98. The molecular formula is C21H23F3N4O. The average molecular weight is 404 g/mol. The van der Waals surface area contributed by atoms with Crippen molar-refractivity contribution in [1.82, 2.24) is 19.4 Å². The van der Waals surface area contributed by atoms with Gasteiger partial charge >= 0.3 is 6.18 Å². The number of fused-ring (bicyclic) bond motifs is 1. The minimum atomic E-state index is -4.32. The van der Waals surface area contributed by atoms with Crippen LogP contribution in [-0.2, 0) is 24.0 Å². The summed E-state index contributed by atoms with van der Waals surface area (Å²) in [5.41, 5.74) is 1.78. The first kappa shape index (κ1) is 19.8. The molecule has 1 aromatic carbocycles. The third kappa shape index (κ3) is 4.28. The Morgan fingerprint density at radius 1 is 1.21 bits per heavy atom. The quantitative estimate of drug-likeness (QED) is 0.621. The van der Waals surface area contributed by atoms with Gasteiger partial charge in [-0.2, -0.15) is 13.2 Å². The van der Waals surface area contributed by atoms with Crippen LogP contribution in [0.4, 0.5) is 13.2 Å². The first-order valence-corrected chi connectivity index (χ1v) is 9.64. The summed E-state index contributed by atoms with van der Waals surface area (Å²) in [5, 5.41) is 0. The average Bonchev–Trinajstić information content (AvgIpc) is 3.30. The van der Waals surface area contributed by atoms with E-state index in [0.717, 1.165) is 42.6 Å². The number of hydrogen-bond donors (Lipinski definition) is 0. The van der Waals surface area contributed by atoms with Crippen molar-refractivity contribution in [2.24, 2.45) is 0 Å². The summed E-state index contributed by atoms with van der Waals surface area (Å²) in [7, 11) is 1.67. The first-order valence-electron chi connectivity index (χ1n) is 9.64. The van der Waals surface area contributed by atoms with Gasteiger partial charge in [-0.05, 0) is 36.7 Å². The summed E-state index contributed by atoms with van der Waals surface area (Å²) < 4.78 is 46.3. The van der Waals surface area contributed by atoms with E-state index in [4.69, 9.17) is 9.72 Å². The van der Waals surface area contributed by atoms with Crippen molar-refractivity contribution in [1.29, 1.82) is 0 Å². The number of hydrogen-bond acceptors (Lipinski definition) is 4. The zero-order valence-electron chi connectivity index (χ0n) is 16.2. The minimum Gasteiger partial charge on any atom is -0.383 e. The van der Waals surface area contributed by atoms with E-state index in [2.05, 4.69) is 14.5 Å². The van der Waals surface area contributed by atoms with Crippen molar-refractivity contribution in [3.63, 3.8) is 0 Å².